The molecule has 1 heterocycles. The lowest BCUT2D eigenvalue weighted by atomic mass is 9.99. The maximum absolute atomic E-state index is 12.4. The van der Waals surface area contributed by atoms with Crippen molar-refractivity contribution in [3.63, 3.8) is 0 Å². The van der Waals surface area contributed by atoms with E-state index in [4.69, 9.17) is 0 Å². The van der Waals surface area contributed by atoms with Gasteiger partial charge in [0.1, 0.15) is 0 Å². The number of guanidine groups is 1. The van der Waals surface area contributed by atoms with Gasteiger partial charge in [-0.25, -0.2) is 8.42 Å². The number of nitrogens with one attached hydrogen (secondary N) is 1. The van der Waals surface area contributed by atoms with E-state index in [0.717, 1.165) is 31.9 Å². The molecule has 0 spiro atoms. The fraction of sp³-hybridized carbons (Fsp3) is 0.381. The monoisotopic (exact) mass is 385 g/mol. The number of hydrogen-bond donors (Lipinski definition) is 1. The molecule has 1 aliphatic heterocycles. The summed E-state index contributed by atoms with van der Waals surface area (Å²) in [4.78, 5) is 6.93. The summed E-state index contributed by atoms with van der Waals surface area (Å²) in [6.45, 7) is 2.24. The van der Waals surface area contributed by atoms with Gasteiger partial charge in [-0.1, -0.05) is 48.5 Å². The SMILES string of the molecule is CN=C(NCCS(=O)(=O)c1ccccc1)N1CCC(Cc2ccccc2)C1. The Balaban J connectivity index is 1.50. The van der Waals surface area contributed by atoms with E-state index in [1.807, 2.05) is 12.1 Å². The molecule has 0 radical (unpaired) electrons. The first-order valence-electron chi connectivity index (χ1n) is 9.36. The number of aliphatic imine (C=N–C) groups is 1. The molecule has 1 unspecified atom stereocenters. The van der Waals surface area contributed by atoms with Crippen LogP contribution in [-0.2, 0) is 16.3 Å². The van der Waals surface area contributed by atoms with E-state index in [-0.39, 0.29) is 5.75 Å². The van der Waals surface area contributed by atoms with Crippen molar-refractivity contribution >= 4 is 15.8 Å². The van der Waals surface area contributed by atoms with Gasteiger partial charge in [0.25, 0.3) is 0 Å². The molecule has 1 fully saturated rings. The summed E-state index contributed by atoms with van der Waals surface area (Å²) in [5.41, 5.74) is 1.36. The van der Waals surface area contributed by atoms with Crippen LogP contribution in [0.25, 0.3) is 0 Å². The zero-order valence-corrected chi connectivity index (χ0v) is 16.5. The molecule has 1 atom stereocenters. The predicted molar refractivity (Wildman–Crippen MR) is 110 cm³/mol. The molecule has 1 N–H and O–H groups in total. The Hall–Kier alpha value is -2.34. The minimum absolute atomic E-state index is 0.0529. The zero-order chi connectivity index (χ0) is 19.1. The summed E-state index contributed by atoms with van der Waals surface area (Å²) in [6, 6.07) is 19.1. The lowest BCUT2D eigenvalue weighted by molar-refractivity contribution is 0.461. The molecule has 0 aliphatic carbocycles. The van der Waals surface area contributed by atoms with Crippen LogP contribution in [0.5, 0.6) is 0 Å². The van der Waals surface area contributed by atoms with Crippen molar-refractivity contribution in [3.05, 3.63) is 66.2 Å². The van der Waals surface area contributed by atoms with Crippen LogP contribution in [0, 0.1) is 5.92 Å². The van der Waals surface area contributed by atoms with Crippen LogP contribution in [0.4, 0.5) is 0 Å². The highest BCUT2D eigenvalue weighted by Crippen LogP contribution is 2.20. The second kappa shape index (κ2) is 9.04. The van der Waals surface area contributed by atoms with E-state index in [1.165, 1.54) is 5.56 Å². The molecule has 0 bridgehead atoms. The quantitative estimate of drug-likeness (QED) is 0.613. The van der Waals surface area contributed by atoms with Crippen molar-refractivity contribution in [3.8, 4) is 0 Å². The summed E-state index contributed by atoms with van der Waals surface area (Å²) < 4.78 is 24.8. The van der Waals surface area contributed by atoms with Crippen molar-refractivity contribution < 1.29 is 8.42 Å². The van der Waals surface area contributed by atoms with Crippen LogP contribution in [0.2, 0.25) is 0 Å². The average molecular weight is 386 g/mol. The molecule has 0 saturated carbocycles. The summed E-state index contributed by atoms with van der Waals surface area (Å²) in [5.74, 6) is 1.44. The number of rotatable bonds is 6. The molecule has 0 aromatic heterocycles. The largest absolute Gasteiger partial charge is 0.355 e. The normalized spacial score (nSPS) is 17.9. The molecule has 6 heteroatoms. The van der Waals surface area contributed by atoms with Gasteiger partial charge in [0.15, 0.2) is 15.8 Å². The van der Waals surface area contributed by atoms with Crippen molar-refractivity contribution in [2.45, 2.75) is 17.7 Å². The third kappa shape index (κ3) is 5.32. The van der Waals surface area contributed by atoms with Crippen molar-refractivity contribution in [2.24, 2.45) is 10.9 Å². The second-order valence-electron chi connectivity index (χ2n) is 6.90. The lowest BCUT2D eigenvalue weighted by Gasteiger charge is -2.21. The summed E-state index contributed by atoms with van der Waals surface area (Å²) >= 11 is 0. The topological polar surface area (TPSA) is 61.8 Å². The molecule has 2 aromatic carbocycles. The number of likely N-dealkylation sites (tertiary alicyclic amines) is 1. The maximum Gasteiger partial charge on any atom is 0.193 e. The third-order valence-electron chi connectivity index (χ3n) is 4.92. The van der Waals surface area contributed by atoms with Gasteiger partial charge in [-0.3, -0.25) is 4.99 Å². The average Bonchev–Trinajstić information content (AvgIpc) is 3.15. The molecule has 1 aliphatic rings. The first-order chi connectivity index (χ1) is 13.1. The van der Waals surface area contributed by atoms with Crippen LogP contribution in [-0.4, -0.2) is 51.7 Å². The van der Waals surface area contributed by atoms with Gasteiger partial charge >= 0.3 is 0 Å². The van der Waals surface area contributed by atoms with E-state index >= 15 is 0 Å². The van der Waals surface area contributed by atoms with Gasteiger partial charge in [-0.05, 0) is 36.5 Å². The molecule has 3 rings (SSSR count). The van der Waals surface area contributed by atoms with Gasteiger partial charge in [0, 0.05) is 26.7 Å². The van der Waals surface area contributed by atoms with Gasteiger partial charge in [0.05, 0.1) is 10.6 Å². The van der Waals surface area contributed by atoms with Gasteiger partial charge in [-0.2, -0.15) is 0 Å². The Kier molecular flexibility index (Phi) is 6.50. The fourth-order valence-corrected chi connectivity index (χ4v) is 4.69. The summed E-state index contributed by atoms with van der Waals surface area (Å²) in [5, 5.41) is 3.22. The van der Waals surface area contributed by atoms with E-state index in [9.17, 15) is 8.42 Å². The highest BCUT2D eigenvalue weighted by molar-refractivity contribution is 7.91. The molecule has 2 aromatic rings. The predicted octanol–water partition coefficient (Wildman–Crippen LogP) is 2.60. The Bertz CT molecular complexity index is 852. The van der Waals surface area contributed by atoms with E-state index in [2.05, 4.69) is 39.5 Å². The Morgan fingerprint density at radius 1 is 1.11 bits per heavy atom. The van der Waals surface area contributed by atoms with Gasteiger partial charge < -0.3 is 10.2 Å². The van der Waals surface area contributed by atoms with Crippen molar-refractivity contribution in [2.75, 3.05) is 32.4 Å². The molecule has 144 valence electrons. The number of benzene rings is 2. The number of sulfone groups is 1. The Morgan fingerprint density at radius 3 is 2.44 bits per heavy atom. The Labute approximate surface area is 162 Å². The minimum atomic E-state index is -3.28. The smallest absolute Gasteiger partial charge is 0.193 e. The molecule has 1 saturated heterocycles. The van der Waals surface area contributed by atoms with Crippen LogP contribution in [0.3, 0.4) is 0 Å². The fourth-order valence-electron chi connectivity index (χ4n) is 3.51. The van der Waals surface area contributed by atoms with Gasteiger partial charge in [0.2, 0.25) is 0 Å². The van der Waals surface area contributed by atoms with Crippen molar-refractivity contribution in [1.29, 1.82) is 0 Å². The second-order valence-corrected chi connectivity index (χ2v) is 9.01. The van der Waals surface area contributed by atoms with Gasteiger partial charge in [-0.15, -0.1) is 0 Å². The van der Waals surface area contributed by atoms with E-state index in [1.54, 1.807) is 31.3 Å². The van der Waals surface area contributed by atoms with Crippen molar-refractivity contribution in [1.82, 2.24) is 10.2 Å². The van der Waals surface area contributed by atoms with E-state index < -0.39 is 9.84 Å². The molecular weight excluding hydrogens is 358 g/mol. The van der Waals surface area contributed by atoms with Crippen LogP contribution >= 0.6 is 0 Å². The van der Waals surface area contributed by atoms with Crippen LogP contribution in [0.15, 0.2) is 70.6 Å². The highest BCUT2D eigenvalue weighted by atomic mass is 32.2. The highest BCUT2D eigenvalue weighted by Gasteiger charge is 2.25. The first kappa shape index (κ1) is 19.4. The van der Waals surface area contributed by atoms with Crippen LogP contribution in [0.1, 0.15) is 12.0 Å². The number of nitrogens with zero attached hydrogens (tertiary/aromatic N) is 2. The molecule has 0 amide bonds. The Morgan fingerprint density at radius 2 is 1.78 bits per heavy atom. The minimum Gasteiger partial charge on any atom is -0.355 e. The third-order valence-corrected chi connectivity index (χ3v) is 6.65. The summed E-state index contributed by atoms with van der Waals surface area (Å²) in [7, 11) is -1.53. The number of hydrogen-bond acceptors (Lipinski definition) is 3. The molecule has 27 heavy (non-hydrogen) atoms. The van der Waals surface area contributed by atoms with Crippen LogP contribution < -0.4 is 5.32 Å². The molecular formula is C21H27N3O2S. The molecule has 5 nitrogen and oxygen atoms in total. The maximum atomic E-state index is 12.4. The summed E-state index contributed by atoms with van der Waals surface area (Å²) in [6.07, 6.45) is 2.19. The first-order valence-corrected chi connectivity index (χ1v) is 11.0. The zero-order valence-electron chi connectivity index (χ0n) is 15.7. The lowest BCUT2D eigenvalue weighted by Crippen LogP contribution is -2.41. The van der Waals surface area contributed by atoms with E-state index in [0.29, 0.717) is 17.4 Å². The standard InChI is InChI=1S/C21H27N3O2S/c1-22-21(23-13-15-27(25,26)20-10-6-3-7-11-20)24-14-12-19(17-24)16-18-8-4-2-5-9-18/h2-11,19H,12-17H2,1H3,(H,22,23).